The first-order valence-corrected chi connectivity index (χ1v) is 7.78. The lowest BCUT2D eigenvalue weighted by atomic mass is 9.78. The summed E-state index contributed by atoms with van der Waals surface area (Å²) in [7, 11) is 0. The van der Waals surface area contributed by atoms with E-state index in [9.17, 15) is 0 Å². The van der Waals surface area contributed by atoms with E-state index in [2.05, 4.69) is 63.0 Å². The first kappa shape index (κ1) is 12.6. The van der Waals surface area contributed by atoms with Gasteiger partial charge in [-0.05, 0) is 42.4 Å². The number of hydrogen-bond donors (Lipinski definition) is 0. The highest BCUT2D eigenvalue weighted by Crippen LogP contribution is 2.54. The molecule has 1 aliphatic carbocycles. The number of rotatable bonds is 3. The van der Waals surface area contributed by atoms with E-state index in [0.29, 0.717) is 10.2 Å². The maximum absolute atomic E-state index is 3.94. The molecule has 1 unspecified atom stereocenters. The molecule has 0 saturated heterocycles. The predicted molar refractivity (Wildman–Crippen MR) is 77.0 cm³/mol. The molecule has 16 heavy (non-hydrogen) atoms. The molecule has 1 atom stereocenters. The predicted octanol–water partition coefficient (Wildman–Crippen LogP) is 5.86. The fraction of sp³-hybridized carbons (Fsp3) is 0.571. The summed E-state index contributed by atoms with van der Waals surface area (Å²) in [6.45, 7) is 2.33. The maximum atomic E-state index is 3.94. The summed E-state index contributed by atoms with van der Waals surface area (Å²) in [5, 5.41) is 0. The molecule has 2 heteroatoms. The zero-order chi connectivity index (χ0) is 11.6. The zero-order valence-electron chi connectivity index (χ0n) is 9.68. The van der Waals surface area contributed by atoms with Crippen molar-refractivity contribution in [2.24, 2.45) is 5.41 Å². The highest BCUT2D eigenvalue weighted by Gasteiger charge is 2.38. The van der Waals surface area contributed by atoms with E-state index in [0.717, 1.165) is 4.47 Å². The molecule has 0 spiro atoms. The number of benzene rings is 1. The Morgan fingerprint density at radius 3 is 2.25 bits per heavy atom. The summed E-state index contributed by atoms with van der Waals surface area (Å²) in [6, 6.07) is 8.75. The van der Waals surface area contributed by atoms with E-state index in [1.54, 1.807) is 0 Å². The van der Waals surface area contributed by atoms with Crippen molar-refractivity contribution in [2.75, 3.05) is 0 Å². The fourth-order valence-electron chi connectivity index (χ4n) is 2.85. The van der Waals surface area contributed by atoms with E-state index < -0.39 is 0 Å². The average molecular weight is 346 g/mol. The largest absolute Gasteiger partial charge is 0.0833 e. The molecule has 88 valence electrons. The second-order valence-electron chi connectivity index (χ2n) is 4.84. The highest BCUT2D eigenvalue weighted by molar-refractivity contribution is 9.10. The van der Waals surface area contributed by atoms with Crippen molar-refractivity contribution in [3.8, 4) is 0 Å². The van der Waals surface area contributed by atoms with Crippen molar-refractivity contribution in [3.05, 3.63) is 34.3 Å². The molecular formula is C14H18Br2. The smallest absolute Gasteiger partial charge is 0.0451 e. The summed E-state index contributed by atoms with van der Waals surface area (Å²) in [6.07, 6.45) is 6.81. The third-order valence-corrected chi connectivity index (χ3v) is 6.03. The van der Waals surface area contributed by atoms with Crippen LogP contribution in [-0.2, 0) is 0 Å². The summed E-state index contributed by atoms with van der Waals surface area (Å²) in [5.74, 6) is 0. The Labute approximate surface area is 115 Å². The molecule has 1 aromatic carbocycles. The Morgan fingerprint density at radius 1 is 1.19 bits per heavy atom. The third-order valence-electron chi connectivity index (χ3n) is 4.00. The second-order valence-corrected chi connectivity index (χ2v) is 6.67. The van der Waals surface area contributed by atoms with Gasteiger partial charge < -0.3 is 0 Å². The van der Waals surface area contributed by atoms with Crippen molar-refractivity contribution in [1.82, 2.24) is 0 Å². The normalized spacial score (nSPS) is 20.9. The SMILES string of the molecule is CCC1(C(Br)c2ccc(Br)cc2)CCCC1. The van der Waals surface area contributed by atoms with Gasteiger partial charge in [-0.2, -0.15) is 0 Å². The van der Waals surface area contributed by atoms with Gasteiger partial charge in [-0.25, -0.2) is 0 Å². The monoisotopic (exact) mass is 344 g/mol. The first-order chi connectivity index (χ1) is 7.68. The fourth-order valence-corrected chi connectivity index (χ4v) is 4.20. The van der Waals surface area contributed by atoms with Crippen LogP contribution < -0.4 is 0 Å². The lowest BCUT2D eigenvalue weighted by Crippen LogP contribution is -2.21. The van der Waals surface area contributed by atoms with Gasteiger partial charge in [0.25, 0.3) is 0 Å². The van der Waals surface area contributed by atoms with Crippen LogP contribution in [0.1, 0.15) is 49.4 Å². The van der Waals surface area contributed by atoms with Crippen LogP contribution in [0, 0.1) is 5.41 Å². The van der Waals surface area contributed by atoms with Gasteiger partial charge >= 0.3 is 0 Å². The highest BCUT2D eigenvalue weighted by atomic mass is 79.9. The van der Waals surface area contributed by atoms with Gasteiger partial charge in [0.15, 0.2) is 0 Å². The van der Waals surface area contributed by atoms with Crippen molar-refractivity contribution in [1.29, 1.82) is 0 Å². The first-order valence-electron chi connectivity index (χ1n) is 6.07. The molecule has 1 aromatic rings. The van der Waals surface area contributed by atoms with Gasteiger partial charge in [-0.15, -0.1) is 0 Å². The molecule has 1 fully saturated rings. The molecule has 1 aliphatic rings. The minimum atomic E-state index is 0.494. The van der Waals surface area contributed by atoms with Crippen LogP contribution in [0.3, 0.4) is 0 Å². The molecule has 0 aliphatic heterocycles. The molecule has 0 heterocycles. The Balaban J connectivity index is 2.23. The number of halogens is 2. The van der Waals surface area contributed by atoms with Crippen LogP contribution in [0.25, 0.3) is 0 Å². The van der Waals surface area contributed by atoms with Crippen LogP contribution >= 0.6 is 31.9 Å². The van der Waals surface area contributed by atoms with E-state index in [-0.39, 0.29) is 0 Å². The van der Waals surface area contributed by atoms with Crippen molar-refractivity contribution in [3.63, 3.8) is 0 Å². The lowest BCUT2D eigenvalue weighted by Gasteiger charge is -2.33. The zero-order valence-corrected chi connectivity index (χ0v) is 12.9. The van der Waals surface area contributed by atoms with E-state index >= 15 is 0 Å². The van der Waals surface area contributed by atoms with Gasteiger partial charge in [-0.1, -0.05) is 63.8 Å². The Bertz CT molecular complexity index is 336. The molecular weight excluding hydrogens is 328 g/mol. The Morgan fingerprint density at radius 2 is 1.75 bits per heavy atom. The molecule has 0 amide bonds. The van der Waals surface area contributed by atoms with Gasteiger partial charge in [0, 0.05) is 9.30 Å². The minimum Gasteiger partial charge on any atom is -0.0833 e. The topological polar surface area (TPSA) is 0 Å². The summed E-state index contributed by atoms with van der Waals surface area (Å²) >= 11 is 7.43. The average Bonchev–Trinajstić information content (AvgIpc) is 2.79. The van der Waals surface area contributed by atoms with Crippen molar-refractivity contribution < 1.29 is 0 Å². The number of alkyl halides is 1. The summed E-state index contributed by atoms with van der Waals surface area (Å²) in [4.78, 5) is 0.514. The van der Waals surface area contributed by atoms with Gasteiger partial charge in [0.1, 0.15) is 0 Å². The number of hydrogen-bond acceptors (Lipinski definition) is 0. The molecule has 0 N–H and O–H groups in total. The molecule has 2 rings (SSSR count). The summed E-state index contributed by atoms with van der Waals surface area (Å²) < 4.78 is 1.16. The molecule has 0 bridgehead atoms. The van der Waals surface area contributed by atoms with Crippen LogP contribution in [0.4, 0.5) is 0 Å². The quantitative estimate of drug-likeness (QED) is 0.602. The van der Waals surface area contributed by atoms with Crippen LogP contribution in [-0.4, -0.2) is 0 Å². The molecule has 1 saturated carbocycles. The van der Waals surface area contributed by atoms with E-state index in [1.807, 2.05) is 0 Å². The molecule has 0 radical (unpaired) electrons. The van der Waals surface area contributed by atoms with Gasteiger partial charge in [0.05, 0.1) is 0 Å². The Kier molecular flexibility index (Phi) is 4.12. The van der Waals surface area contributed by atoms with Crippen molar-refractivity contribution in [2.45, 2.75) is 43.9 Å². The second kappa shape index (κ2) is 5.22. The third kappa shape index (κ3) is 2.38. The lowest BCUT2D eigenvalue weighted by molar-refractivity contribution is 0.279. The summed E-state index contributed by atoms with van der Waals surface area (Å²) in [5.41, 5.74) is 1.92. The van der Waals surface area contributed by atoms with Crippen LogP contribution in [0.15, 0.2) is 28.7 Å². The van der Waals surface area contributed by atoms with Crippen LogP contribution in [0.2, 0.25) is 0 Å². The Hall–Kier alpha value is 0.180. The molecule has 0 aromatic heterocycles. The van der Waals surface area contributed by atoms with E-state index in [4.69, 9.17) is 0 Å². The van der Waals surface area contributed by atoms with Gasteiger partial charge in [-0.3, -0.25) is 0 Å². The van der Waals surface area contributed by atoms with Crippen molar-refractivity contribution >= 4 is 31.9 Å². The minimum absolute atomic E-state index is 0.494. The van der Waals surface area contributed by atoms with Crippen LogP contribution in [0.5, 0.6) is 0 Å². The standard InChI is InChI=1S/C14H18Br2/c1-2-14(9-3-4-10-14)13(16)11-5-7-12(15)8-6-11/h5-8,13H,2-4,9-10H2,1H3. The van der Waals surface area contributed by atoms with E-state index in [1.165, 1.54) is 37.7 Å². The van der Waals surface area contributed by atoms with Gasteiger partial charge in [0.2, 0.25) is 0 Å². The maximum Gasteiger partial charge on any atom is 0.0451 e. The molecule has 0 nitrogen and oxygen atoms in total.